The first-order chi connectivity index (χ1) is 10.2. The predicted molar refractivity (Wildman–Crippen MR) is 83.7 cm³/mol. The molecule has 4 heteroatoms. The standard InChI is InChI=1S/C17H25NO3/c1-4-13-7-5-6-8-15(13)21-16-10-9-14(12(2)18-19)11-17(16)20-3/h9-11,13,15,19H,4-8H2,1-3H3. The van der Waals surface area contributed by atoms with Crippen molar-refractivity contribution in [3.63, 3.8) is 0 Å². The van der Waals surface area contributed by atoms with Crippen molar-refractivity contribution < 1.29 is 14.7 Å². The van der Waals surface area contributed by atoms with Crippen molar-refractivity contribution in [2.75, 3.05) is 7.11 Å². The van der Waals surface area contributed by atoms with E-state index in [1.54, 1.807) is 14.0 Å². The molecule has 0 bridgehead atoms. The maximum absolute atomic E-state index is 8.86. The van der Waals surface area contributed by atoms with E-state index in [1.165, 1.54) is 19.3 Å². The monoisotopic (exact) mass is 291 g/mol. The highest BCUT2D eigenvalue weighted by Gasteiger charge is 2.26. The van der Waals surface area contributed by atoms with Gasteiger partial charge in [-0.05, 0) is 56.7 Å². The highest BCUT2D eigenvalue weighted by molar-refractivity contribution is 5.98. The van der Waals surface area contributed by atoms with E-state index in [0.29, 0.717) is 17.4 Å². The molecule has 0 spiro atoms. The third-order valence-electron chi connectivity index (χ3n) is 4.37. The third kappa shape index (κ3) is 3.69. The summed E-state index contributed by atoms with van der Waals surface area (Å²) in [6.45, 7) is 3.98. The molecule has 0 amide bonds. The van der Waals surface area contributed by atoms with Crippen LogP contribution in [0.4, 0.5) is 0 Å². The molecule has 0 saturated heterocycles. The van der Waals surface area contributed by atoms with Crippen LogP contribution in [0.2, 0.25) is 0 Å². The van der Waals surface area contributed by atoms with Gasteiger partial charge >= 0.3 is 0 Å². The van der Waals surface area contributed by atoms with Gasteiger partial charge in [0, 0.05) is 5.56 Å². The summed E-state index contributed by atoms with van der Waals surface area (Å²) in [6, 6.07) is 5.66. The summed E-state index contributed by atoms with van der Waals surface area (Å²) in [5, 5.41) is 12.1. The lowest BCUT2D eigenvalue weighted by Gasteiger charge is -2.31. The van der Waals surface area contributed by atoms with Crippen LogP contribution in [0, 0.1) is 5.92 Å². The van der Waals surface area contributed by atoms with Gasteiger partial charge in [-0.1, -0.05) is 18.5 Å². The highest BCUT2D eigenvalue weighted by Crippen LogP contribution is 2.35. The summed E-state index contributed by atoms with van der Waals surface area (Å²) in [5.74, 6) is 2.09. The Balaban J connectivity index is 2.19. The molecule has 0 aliphatic heterocycles. The third-order valence-corrected chi connectivity index (χ3v) is 4.37. The van der Waals surface area contributed by atoms with Crippen LogP contribution in [0.15, 0.2) is 23.4 Å². The van der Waals surface area contributed by atoms with Crippen molar-refractivity contribution in [2.45, 2.75) is 52.1 Å². The van der Waals surface area contributed by atoms with Gasteiger partial charge in [0.05, 0.1) is 12.8 Å². The van der Waals surface area contributed by atoms with Crippen LogP contribution < -0.4 is 9.47 Å². The number of ether oxygens (including phenoxy) is 2. The lowest BCUT2D eigenvalue weighted by molar-refractivity contribution is 0.0873. The van der Waals surface area contributed by atoms with Gasteiger partial charge < -0.3 is 14.7 Å². The summed E-state index contributed by atoms with van der Waals surface area (Å²) in [4.78, 5) is 0. The van der Waals surface area contributed by atoms with Gasteiger partial charge in [-0.25, -0.2) is 0 Å². The van der Waals surface area contributed by atoms with Crippen molar-refractivity contribution in [1.29, 1.82) is 0 Å². The molecule has 0 aromatic heterocycles. The maximum atomic E-state index is 8.86. The van der Waals surface area contributed by atoms with Crippen molar-refractivity contribution in [2.24, 2.45) is 11.1 Å². The van der Waals surface area contributed by atoms with E-state index in [9.17, 15) is 0 Å². The highest BCUT2D eigenvalue weighted by atomic mass is 16.5. The minimum Gasteiger partial charge on any atom is -0.493 e. The molecule has 1 aliphatic rings. The molecular formula is C17H25NO3. The smallest absolute Gasteiger partial charge is 0.161 e. The summed E-state index contributed by atoms with van der Waals surface area (Å²) < 4.78 is 11.7. The second-order valence-electron chi connectivity index (χ2n) is 5.66. The SMILES string of the molecule is CCC1CCCCC1Oc1ccc(C(C)=NO)cc1OC. The van der Waals surface area contributed by atoms with Crippen LogP contribution in [0.1, 0.15) is 51.5 Å². The zero-order valence-corrected chi connectivity index (χ0v) is 13.1. The van der Waals surface area contributed by atoms with Gasteiger partial charge in [-0.15, -0.1) is 0 Å². The summed E-state index contributed by atoms with van der Waals surface area (Å²) in [7, 11) is 1.63. The lowest BCUT2D eigenvalue weighted by atomic mass is 9.85. The molecule has 2 rings (SSSR count). The van der Waals surface area contributed by atoms with E-state index in [-0.39, 0.29) is 6.10 Å². The number of oxime groups is 1. The van der Waals surface area contributed by atoms with Crippen LogP contribution in [-0.2, 0) is 0 Å². The summed E-state index contributed by atoms with van der Waals surface area (Å²) >= 11 is 0. The fourth-order valence-corrected chi connectivity index (χ4v) is 3.01. The number of rotatable bonds is 5. The molecule has 1 fully saturated rings. The van der Waals surface area contributed by atoms with Crippen LogP contribution in [0.5, 0.6) is 11.5 Å². The molecular weight excluding hydrogens is 266 g/mol. The summed E-state index contributed by atoms with van der Waals surface area (Å²) in [5.41, 5.74) is 1.39. The quantitative estimate of drug-likeness (QED) is 0.501. The second-order valence-corrected chi connectivity index (χ2v) is 5.66. The Bertz CT molecular complexity index is 499. The van der Waals surface area contributed by atoms with Crippen molar-refractivity contribution >= 4 is 5.71 Å². The van der Waals surface area contributed by atoms with Crippen LogP contribution in [-0.4, -0.2) is 24.1 Å². The normalized spacial score (nSPS) is 22.9. The van der Waals surface area contributed by atoms with Gasteiger partial charge in [0.1, 0.15) is 6.10 Å². The minimum absolute atomic E-state index is 0.274. The Hall–Kier alpha value is -1.71. The predicted octanol–water partition coefficient (Wildman–Crippen LogP) is 4.24. The zero-order chi connectivity index (χ0) is 15.2. The van der Waals surface area contributed by atoms with E-state index in [2.05, 4.69) is 12.1 Å². The number of benzene rings is 1. The molecule has 0 radical (unpaired) electrons. The molecule has 21 heavy (non-hydrogen) atoms. The Kier molecular flexibility index (Phi) is 5.48. The maximum Gasteiger partial charge on any atom is 0.161 e. The second kappa shape index (κ2) is 7.34. The molecule has 116 valence electrons. The van der Waals surface area contributed by atoms with E-state index in [4.69, 9.17) is 14.7 Å². The summed E-state index contributed by atoms with van der Waals surface area (Å²) in [6.07, 6.45) is 6.33. The fraction of sp³-hybridized carbons (Fsp3) is 0.588. The molecule has 0 heterocycles. The van der Waals surface area contributed by atoms with E-state index in [0.717, 1.165) is 24.2 Å². The van der Waals surface area contributed by atoms with Crippen LogP contribution in [0.25, 0.3) is 0 Å². The Morgan fingerprint density at radius 3 is 2.71 bits per heavy atom. The van der Waals surface area contributed by atoms with Crippen molar-refractivity contribution in [1.82, 2.24) is 0 Å². The topological polar surface area (TPSA) is 51.0 Å². The molecule has 1 N–H and O–H groups in total. The Morgan fingerprint density at radius 2 is 2.05 bits per heavy atom. The minimum atomic E-state index is 0.274. The Labute approximate surface area is 126 Å². The molecule has 1 aromatic rings. The van der Waals surface area contributed by atoms with Gasteiger partial charge in [-0.3, -0.25) is 0 Å². The van der Waals surface area contributed by atoms with Crippen LogP contribution in [0.3, 0.4) is 0 Å². The lowest BCUT2D eigenvalue weighted by Crippen LogP contribution is -2.30. The average molecular weight is 291 g/mol. The van der Waals surface area contributed by atoms with Gasteiger partial charge in [-0.2, -0.15) is 0 Å². The fourth-order valence-electron chi connectivity index (χ4n) is 3.01. The van der Waals surface area contributed by atoms with Crippen molar-refractivity contribution in [3.8, 4) is 11.5 Å². The van der Waals surface area contributed by atoms with E-state index < -0.39 is 0 Å². The number of methoxy groups -OCH3 is 1. The number of hydrogen-bond acceptors (Lipinski definition) is 4. The van der Waals surface area contributed by atoms with E-state index >= 15 is 0 Å². The largest absolute Gasteiger partial charge is 0.493 e. The van der Waals surface area contributed by atoms with Crippen molar-refractivity contribution in [3.05, 3.63) is 23.8 Å². The zero-order valence-electron chi connectivity index (χ0n) is 13.1. The first-order valence-electron chi connectivity index (χ1n) is 7.73. The first kappa shape index (κ1) is 15.7. The van der Waals surface area contributed by atoms with Gasteiger partial charge in [0.15, 0.2) is 11.5 Å². The van der Waals surface area contributed by atoms with E-state index in [1.807, 2.05) is 18.2 Å². The van der Waals surface area contributed by atoms with Crippen LogP contribution >= 0.6 is 0 Å². The molecule has 2 unspecified atom stereocenters. The molecule has 2 atom stereocenters. The van der Waals surface area contributed by atoms with Gasteiger partial charge in [0.2, 0.25) is 0 Å². The first-order valence-corrected chi connectivity index (χ1v) is 7.73. The molecule has 4 nitrogen and oxygen atoms in total. The number of hydrogen-bond donors (Lipinski definition) is 1. The Morgan fingerprint density at radius 1 is 1.29 bits per heavy atom. The molecule has 1 aromatic carbocycles. The van der Waals surface area contributed by atoms with Gasteiger partial charge in [0.25, 0.3) is 0 Å². The molecule has 1 aliphatic carbocycles. The molecule has 1 saturated carbocycles. The number of nitrogens with zero attached hydrogens (tertiary/aromatic N) is 1. The average Bonchev–Trinajstić information content (AvgIpc) is 2.54.